The lowest BCUT2D eigenvalue weighted by Crippen LogP contribution is -2.40. The number of hydrogen-bond acceptors (Lipinski definition) is 7. The van der Waals surface area contributed by atoms with E-state index in [2.05, 4.69) is 0 Å². The molecule has 1 aromatic rings. The van der Waals surface area contributed by atoms with E-state index >= 15 is 0 Å². The van der Waals surface area contributed by atoms with E-state index in [1.54, 1.807) is 13.8 Å². The molecule has 0 fully saturated rings. The lowest BCUT2D eigenvalue weighted by molar-refractivity contribution is -0.157. The van der Waals surface area contributed by atoms with Gasteiger partial charge in [0.2, 0.25) is 0 Å². The smallest absolute Gasteiger partial charge is 0.317 e. The van der Waals surface area contributed by atoms with Crippen LogP contribution < -0.4 is 0 Å². The van der Waals surface area contributed by atoms with Crippen LogP contribution >= 0.6 is 0 Å². The van der Waals surface area contributed by atoms with Crippen LogP contribution in [0.4, 0.5) is 0 Å². The Morgan fingerprint density at radius 3 is 1.54 bits per heavy atom. The molecule has 0 saturated carbocycles. The normalized spacial score (nSPS) is 14.0. The van der Waals surface area contributed by atoms with Gasteiger partial charge in [0.05, 0.1) is 13.2 Å². The van der Waals surface area contributed by atoms with Gasteiger partial charge in [0.25, 0.3) is 0 Å². The molecule has 142 valence electrons. The highest BCUT2D eigenvalue weighted by Gasteiger charge is 2.45. The number of hydrogen-bond donors (Lipinski definition) is 1. The molecule has 7 heteroatoms. The summed E-state index contributed by atoms with van der Waals surface area (Å²) >= 11 is 0. The van der Waals surface area contributed by atoms with E-state index in [1.165, 1.54) is 38.1 Å². The number of phenols is 1. The first-order valence-electron chi connectivity index (χ1n) is 8.37. The second kappa shape index (κ2) is 9.70. The highest BCUT2D eigenvalue weighted by molar-refractivity contribution is 6.04. The van der Waals surface area contributed by atoms with Gasteiger partial charge in [-0.1, -0.05) is 12.1 Å². The summed E-state index contributed by atoms with van der Waals surface area (Å²) in [6, 6.07) is 5.63. The zero-order valence-electron chi connectivity index (χ0n) is 15.4. The van der Waals surface area contributed by atoms with Crippen molar-refractivity contribution in [1.29, 1.82) is 0 Å². The number of aromatic hydroxyl groups is 1. The van der Waals surface area contributed by atoms with Crippen molar-refractivity contribution in [2.75, 3.05) is 13.2 Å². The zero-order valence-corrected chi connectivity index (χ0v) is 15.4. The SMILES string of the molecule is CCOC(=O)C(C(C)=O)C(c1ccc(O)cc1)C(C(C)=O)C(=O)OCC. The van der Waals surface area contributed by atoms with Crippen molar-refractivity contribution in [2.45, 2.75) is 33.6 Å². The number of Topliss-reactive ketones (excluding diaryl/α,β-unsaturated/α-hetero) is 2. The fourth-order valence-electron chi connectivity index (χ4n) is 2.87. The van der Waals surface area contributed by atoms with Crippen LogP contribution in [0.2, 0.25) is 0 Å². The number of carbonyl (C=O) groups is 4. The second-order valence-electron chi connectivity index (χ2n) is 5.80. The molecule has 1 N–H and O–H groups in total. The summed E-state index contributed by atoms with van der Waals surface area (Å²) in [5, 5.41) is 9.50. The van der Waals surface area contributed by atoms with Crippen LogP contribution in [0.15, 0.2) is 24.3 Å². The number of ether oxygens (including phenoxy) is 2. The van der Waals surface area contributed by atoms with Crippen LogP contribution in [0.5, 0.6) is 5.75 Å². The van der Waals surface area contributed by atoms with Gasteiger partial charge in [0.15, 0.2) is 0 Å². The predicted molar refractivity (Wildman–Crippen MR) is 92.5 cm³/mol. The zero-order chi connectivity index (χ0) is 19.9. The van der Waals surface area contributed by atoms with Crippen molar-refractivity contribution in [3.8, 4) is 5.75 Å². The van der Waals surface area contributed by atoms with Crippen molar-refractivity contribution in [3.63, 3.8) is 0 Å². The molecule has 0 heterocycles. The van der Waals surface area contributed by atoms with E-state index in [1.807, 2.05) is 0 Å². The summed E-state index contributed by atoms with van der Waals surface area (Å²) < 4.78 is 9.98. The second-order valence-corrected chi connectivity index (χ2v) is 5.80. The summed E-state index contributed by atoms with van der Waals surface area (Å²) in [5.74, 6) is -6.51. The van der Waals surface area contributed by atoms with E-state index in [-0.39, 0.29) is 19.0 Å². The molecule has 0 saturated heterocycles. The fraction of sp³-hybridized carbons (Fsp3) is 0.474. The number of phenolic OH excluding ortho intramolecular Hbond substituents is 1. The average Bonchev–Trinajstić information content (AvgIpc) is 2.55. The third-order valence-electron chi connectivity index (χ3n) is 3.95. The maximum absolute atomic E-state index is 12.4. The molecule has 2 atom stereocenters. The van der Waals surface area contributed by atoms with Gasteiger partial charge in [-0.25, -0.2) is 0 Å². The van der Waals surface area contributed by atoms with Gasteiger partial charge in [-0.2, -0.15) is 0 Å². The molecular formula is C19H24O7. The Morgan fingerprint density at radius 2 is 1.23 bits per heavy atom. The van der Waals surface area contributed by atoms with Crippen molar-refractivity contribution in [1.82, 2.24) is 0 Å². The molecule has 7 nitrogen and oxygen atoms in total. The summed E-state index contributed by atoms with van der Waals surface area (Å²) in [7, 11) is 0. The molecule has 0 aliphatic heterocycles. The molecule has 2 unspecified atom stereocenters. The highest BCUT2D eigenvalue weighted by Crippen LogP contribution is 2.36. The Bertz CT molecular complexity index is 627. The third kappa shape index (κ3) is 5.15. The first-order chi connectivity index (χ1) is 12.2. The summed E-state index contributed by atoms with van der Waals surface area (Å²) in [6.45, 7) is 5.70. The van der Waals surface area contributed by atoms with Crippen molar-refractivity contribution < 1.29 is 33.8 Å². The van der Waals surface area contributed by atoms with Gasteiger partial charge in [0, 0.05) is 5.92 Å². The van der Waals surface area contributed by atoms with Crippen molar-refractivity contribution in [2.24, 2.45) is 11.8 Å². The standard InChI is InChI=1S/C19H24O7/c1-5-25-18(23)15(11(3)20)17(13-7-9-14(22)10-8-13)16(12(4)21)19(24)26-6-2/h7-10,15-17,22H,5-6H2,1-4H3. The highest BCUT2D eigenvalue weighted by atomic mass is 16.5. The van der Waals surface area contributed by atoms with E-state index < -0.39 is 41.3 Å². The maximum Gasteiger partial charge on any atom is 0.317 e. The Labute approximate surface area is 152 Å². The summed E-state index contributed by atoms with van der Waals surface area (Å²) in [5.41, 5.74) is 0.379. The van der Waals surface area contributed by atoms with Gasteiger partial charge in [0.1, 0.15) is 29.2 Å². The third-order valence-corrected chi connectivity index (χ3v) is 3.95. The minimum absolute atomic E-state index is 0.0291. The number of benzene rings is 1. The molecular weight excluding hydrogens is 340 g/mol. The van der Waals surface area contributed by atoms with Gasteiger partial charge < -0.3 is 14.6 Å². The van der Waals surface area contributed by atoms with Crippen LogP contribution in [0, 0.1) is 11.8 Å². The van der Waals surface area contributed by atoms with E-state index in [0.29, 0.717) is 5.56 Å². The average molecular weight is 364 g/mol. The summed E-state index contributed by atoms with van der Waals surface area (Å²) in [4.78, 5) is 49.3. The number of esters is 2. The molecule has 0 bridgehead atoms. The maximum atomic E-state index is 12.4. The molecule has 0 aliphatic rings. The first kappa shape index (κ1) is 21.3. The molecule has 1 aromatic carbocycles. The van der Waals surface area contributed by atoms with Gasteiger partial charge in [-0.15, -0.1) is 0 Å². The number of rotatable bonds is 9. The van der Waals surface area contributed by atoms with Crippen molar-refractivity contribution in [3.05, 3.63) is 29.8 Å². The van der Waals surface area contributed by atoms with Crippen LogP contribution in [0.3, 0.4) is 0 Å². The summed E-state index contributed by atoms with van der Waals surface area (Å²) in [6.07, 6.45) is 0. The number of ketones is 2. The number of carbonyl (C=O) groups excluding carboxylic acids is 4. The monoisotopic (exact) mass is 364 g/mol. The Morgan fingerprint density at radius 1 is 0.846 bits per heavy atom. The largest absolute Gasteiger partial charge is 0.508 e. The lowest BCUT2D eigenvalue weighted by Gasteiger charge is -2.29. The van der Waals surface area contributed by atoms with Crippen molar-refractivity contribution >= 4 is 23.5 Å². The molecule has 1 rings (SSSR count). The Kier molecular flexibility index (Phi) is 7.96. The van der Waals surface area contributed by atoms with Gasteiger partial charge in [-0.05, 0) is 45.4 Å². The van der Waals surface area contributed by atoms with E-state index in [9.17, 15) is 24.3 Å². The molecule has 0 amide bonds. The topological polar surface area (TPSA) is 107 Å². The predicted octanol–water partition coefficient (Wildman–Crippen LogP) is 2.01. The fourth-order valence-corrected chi connectivity index (χ4v) is 2.87. The van der Waals surface area contributed by atoms with Gasteiger partial charge in [-0.3, -0.25) is 19.2 Å². The van der Waals surface area contributed by atoms with Crippen LogP contribution in [-0.4, -0.2) is 41.8 Å². The molecule has 0 aliphatic carbocycles. The molecule has 26 heavy (non-hydrogen) atoms. The Balaban J connectivity index is 3.55. The van der Waals surface area contributed by atoms with Crippen LogP contribution in [0.25, 0.3) is 0 Å². The van der Waals surface area contributed by atoms with Crippen LogP contribution in [-0.2, 0) is 28.7 Å². The lowest BCUT2D eigenvalue weighted by atomic mass is 9.73. The van der Waals surface area contributed by atoms with Crippen LogP contribution in [0.1, 0.15) is 39.2 Å². The minimum Gasteiger partial charge on any atom is -0.508 e. The van der Waals surface area contributed by atoms with Gasteiger partial charge >= 0.3 is 11.9 Å². The molecule has 0 radical (unpaired) electrons. The first-order valence-corrected chi connectivity index (χ1v) is 8.37. The van der Waals surface area contributed by atoms with E-state index in [0.717, 1.165) is 0 Å². The van der Waals surface area contributed by atoms with E-state index in [4.69, 9.17) is 9.47 Å². The minimum atomic E-state index is -1.35. The quantitative estimate of drug-likeness (QED) is 0.527. The molecule has 0 aromatic heterocycles. The Hall–Kier alpha value is -2.70. The molecule has 0 spiro atoms.